The third-order valence-electron chi connectivity index (χ3n) is 2.39. The Morgan fingerprint density at radius 3 is 2.53 bits per heavy atom. The van der Waals surface area contributed by atoms with E-state index in [1.165, 1.54) is 25.3 Å². The van der Waals surface area contributed by atoms with Gasteiger partial charge < -0.3 is 0 Å². The lowest BCUT2D eigenvalue weighted by Gasteiger charge is -2.04. The summed E-state index contributed by atoms with van der Waals surface area (Å²) in [6.45, 7) is 2.66. The van der Waals surface area contributed by atoms with Crippen molar-refractivity contribution in [3.63, 3.8) is 0 Å². The molecule has 0 saturated carbocycles. The zero-order valence-electron chi connectivity index (χ0n) is 9.91. The van der Waals surface area contributed by atoms with Crippen molar-refractivity contribution in [3.8, 4) is 0 Å². The molecule has 0 radical (unpaired) electrons. The van der Waals surface area contributed by atoms with Gasteiger partial charge in [0.1, 0.15) is 4.21 Å². The summed E-state index contributed by atoms with van der Waals surface area (Å²) < 4.78 is 26.9. The summed E-state index contributed by atoms with van der Waals surface area (Å²) in [7, 11) is -3.35. The van der Waals surface area contributed by atoms with Crippen molar-refractivity contribution in [3.05, 3.63) is 16.5 Å². The van der Waals surface area contributed by atoms with Crippen molar-refractivity contribution >= 4 is 33.0 Å². The lowest BCUT2D eigenvalue weighted by atomic mass is 10.2. The highest BCUT2D eigenvalue weighted by molar-refractivity contribution is 7.91. The summed E-state index contributed by atoms with van der Waals surface area (Å²) in [5, 5.41) is 0. The van der Waals surface area contributed by atoms with Crippen LogP contribution in [0.1, 0.15) is 39.0 Å². The topological polar surface area (TPSA) is 46.2 Å². The minimum Gasteiger partial charge on any atom is -0.210 e. The standard InChI is InChI=1S/C11H18ClNO2S2/c1-2-3-4-5-6-9-13-17(14,15)11-8-7-10(12)16-11/h7-8,13H,2-6,9H2,1H3. The lowest BCUT2D eigenvalue weighted by Crippen LogP contribution is -2.23. The van der Waals surface area contributed by atoms with Crippen LogP contribution in [0.2, 0.25) is 4.34 Å². The Morgan fingerprint density at radius 2 is 1.94 bits per heavy atom. The van der Waals surface area contributed by atoms with Gasteiger partial charge in [-0.1, -0.05) is 44.2 Å². The maximum Gasteiger partial charge on any atom is 0.250 e. The van der Waals surface area contributed by atoms with Gasteiger partial charge in [0.2, 0.25) is 10.0 Å². The largest absolute Gasteiger partial charge is 0.250 e. The van der Waals surface area contributed by atoms with Gasteiger partial charge in [-0.05, 0) is 18.6 Å². The minimum atomic E-state index is -3.35. The molecule has 1 heterocycles. The van der Waals surface area contributed by atoms with Gasteiger partial charge in [0.15, 0.2) is 0 Å². The molecule has 1 rings (SSSR count). The predicted octanol–water partition coefficient (Wildman–Crippen LogP) is 3.65. The number of halogens is 1. The van der Waals surface area contributed by atoms with E-state index in [1.807, 2.05) is 0 Å². The molecule has 3 nitrogen and oxygen atoms in total. The molecule has 0 unspecified atom stereocenters. The Hall–Kier alpha value is -0.100. The van der Waals surface area contributed by atoms with E-state index in [9.17, 15) is 8.42 Å². The number of unbranched alkanes of at least 4 members (excludes halogenated alkanes) is 4. The zero-order chi connectivity index (χ0) is 12.7. The van der Waals surface area contributed by atoms with Gasteiger partial charge in [-0.2, -0.15) is 0 Å². The SMILES string of the molecule is CCCCCCCNS(=O)(=O)c1ccc(Cl)s1. The molecule has 98 valence electrons. The molecule has 0 saturated heterocycles. The van der Waals surface area contributed by atoms with Crippen molar-refractivity contribution in [2.75, 3.05) is 6.54 Å². The van der Waals surface area contributed by atoms with Gasteiger partial charge >= 0.3 is 0 Å². The van der Waals surface area contributed by atoms with Crippen molar-refractivity contribution in [2.24, 2.45) is 0 Å². The summed E-state index contributed by atoms with van der Waals surface area (Å²) in [4.78, 5) is 0. The average molecular weight is 296 g/mol. The number of thiophene rings is 1. The van der Waals surface area contributed by atoms with Crippen LogP contribution in [-0.4, -0.2) is 15.0 Å². The number of nitrogens with one attached hydrogen (secondary N) is 1. The molecule has 0 atom stereocenters. The first kappa shape index (κ1) is 15.0. The van der Waals surface area contributed by atoms with Gasteiger partial charge in [0.25, 0.3) is 0 Å². The third kappa shape index (κ3) is 5.38. The van der Waals surface area contributed by atoms with Crippen molar-refractivity contribution in [1.82, 2.24) is 4.72 Å². The minimum absolute atomic E-state index is 0.288. The molecule has 17 heavy (non-hydrogen) atoms. The molecule has 0 aliphatic carbocycles. The summed E-state index contributed by atoms with van der Waals surface area (Å²) in [6, 6.07) is 3.13. The molecule has 0 amide bonds. The van der Waals surface area contributed by atoms with E-state index >= 15 is 0 Å². The third-order valence-corrected chi connectivity index (χ3v) is 5.57. The normalized spacial score (nSPS) is 11.9. The molecule has 0 fully saturated rings. The van der Waals surface area contributed by atoms with Gasteiger partial charge in [0.05, 0.1) is 4.34 Å². The second-order valence-corrected chi connectivity index (χ2v) is 7.58. The average Bonchev–Trinajstić information content (AvgIpc) is 2.71. The van der Waals surface area contributed by atoms with Gasteiger partial charge in [-0.15, -0.1) is 11.3 Å². The Bertz CT molecular complexity index is 428. The molecular weight excluding hydrogens is 278 g/mol. The van der Waals surface area contributed by atoms with Crippen LogP contribution in [-0.2, 0) is 10.0 Å². The predicted molar refractivity (Wildman–Crippen MR) is 73.3 cm³/mol. The van der Waals surface area contributed by atoms with E-state index in [-0.39, 0.29) is 4.21 Å². The van der Waals surface area contributed by atoms with E-state index in [2.05, 4.69) is 11.6 Å². The van der Waals surface area contributed by atoms with Gasteiger partial charge in [-0.3, -0.25) is 0 Å². The fourth-order valence-electron chi connectivity index (χ4n) is 1.45. The first-order valence-electron chi connectivity index (χ1n) is 5.81. The van der Waals surface area contributed by atoms with Crippen LogP contribution in [0.4, 0.5) is 0 Å². The zero-order valence-corrected chi connectivity index (χ0v) is 12.3. The van der Waals surface area contributed by atoms with Crippen molar-refractivity contribution < 1.29 is 8.42 Å². The van der Waals surface area contributed by atoms with Crippen LogP contribution in [0.15, 0.2) is 16.3 Å². The maximum absolute atomic E-state index is 11.8. The van der Waals surface area contributed by atoms with Crippen LogP contribution in [0.25, 0.3) is 0 Å². The van der Waals surface area contributed by atoms with E-state index in [1.54, 1.807) is 6.07 Å². The van der Waals surface area contributed by atoms with E-state index in [0.29, 0.717) is 10.9 Å². The molecule has 1 aromatic rings. The van der Waals surface area contributed by atoms with Crippen LogP contribution < -0.4 is 4.72 Å². The Balaban J connectivity index is 2.31. The number of rotatable bonds is 8. The van der Waals surface area contributed by atoms with E-state index in [0.717, 1.165) is 24.2 Å². The van der Waals surface area contributed by atoms with Gasteiger partial charge in [0, 0.05) is 6.54 Å². The molecule has 0 bridgehead atoms. The highest BCUT2D eigenvalue weighted by Crippen LogP contribution is 2.25. The molecule has 1 N–H and O–H groups in total. The Labute approximate surface area is 112 Å². The molecule has 1 aromatic heterocycles. The maximum atomic E-state index is 11.8. The van der Waals surface area contributed by atoms with Crippen LogP contribution in [0, 0.1) is 0 Å². The molecule has 0 aliphatic heterocycles. The fraction of sp³-hybridized carbons (Fsp3) is 0.636. The van der Waals surface area contributed by atoms with E-state index in [4.69, 9.17) is 11.6 Å². The highest BCUT2D eigenvalue weighted by atomic mass is 35.5. The molecule has 6 heteroatoms. The second kappa shape index (κ2) is 7.36. The number of hydrogen-bond acceptors (Lipinski definition) is 3. The monoisotopic (exact) mass is 295 g/mol. The Morgan fingerprint density at radius 1 is 1.24 bits per heavy atom. The first-order chi connectivity index (χ1) is 8.06. The smallest absolute Gasteiger partial charge is 0.210 e. The van der Waals surface area contributed by atoms with E-state index < -0.39 is 10.0 Å². The number of hydrogen-bond donors (Lipinski definition) is 1. The summed E-state index contributed by atoms with van der Waals surface area (Å²) in [6.07, 6.45) is 5.54. The van der Waals surface area contributed by atoms with Crippen LogP contribution in [0.5, 0.6) is 0 Å². The molecule has 0 aromatic carbocycles. The highest BCUT2D eigenvalue weighted by Gasteiger charge is 2.15. The first-order valence-corrected chi connectivity index (χ1v) is 8.49. The second-order valence-electron chi connectivity index (χ2n) is 3.87. The van der Waals surface area contributed by atoms with Crippen molar-refractivity contribution in [1.29, 1.82) is 0 Å². The van der Waals surface area contributed by atoms with Crippen molar-refractivity contribution in [2.45, 2.75) is 43.2 Å². The Kier molecular flexibility index (Phi) is 6.48. The molecule has 0 aliphatic rings. The van der Waals surface area contributed by atoms with Crippen LogP contribution in [0.3, 0.4) is 0 Å². The summed E-state index contributed by atoms with van der Waals surface area (Å²) in [5.74, 6) is 0. The van der Waals surface area contributed by atoms with Crippen LogP contribution >= 0.6 is 22.9 Å². The molecular formula is C11H18ClNO2S2. The van der Waals surface area contributed by atoms with Gasteiger partial charge in [-0.25, -0.2) is 13.1 Å². The number of sulfonamides is 1. The fourth-order valence-corrected chi connectivity index (χ4v) is 4.05. The molecule has 0 spiro atoms. The summed E-state index contributed by atoms with van der Waals surface area (Å²) >= 11 is 6.79. The summed E-state index contributed by atoms with van der Waals surface area (Å²) in [5.41, 5.74) is 0. The quantitative estimate of drug-likeness (QED) is 0.744. The lowest BCUT2D eigenvalue weighted by molar-refractivity contribution is 0.572.